The van der Waals surface area contributed by atoms with Crippen molar-refractivity contribution in [3.63, 3.8) is 0 Å². The second-order valence-electron chi connectivity index (χ2n) is 6.15. The van der Waals surface area contributed by atoms with Gasteiger partial charge in [0.1, 0.15) is 5.75 Å². The number of hydrogen-bond donors (Lipinski definition) is 0. The Bertz CT molecular complexity index is 1060. The van der Waals surface area contributed by atoms with Crippen LogP contribution in [0.4, 0.5) is 0 Å². The topological polar surface area (TPSA) is 48.7 Å². The molecule has 136 valence electrons. The van der Waals surface area contributed by atoms with Crippen LogP contribution in [0.15, 0.2) is 66.9 Å². The normalized spacial score (nSPS) is 11.0. The molecule has 0 N–H and O–H groups in total. The first-order valence-electron chi connectivity index (χ1n) is 8.56. The van der Waals surface area contributed by atoms with E-state index in [4.69, 9.17) is 21.1 Å². The number of hydrogen-bond acceptors (Lipinski definition) is 4. The molecule has 0 saturated carbocycles. The van der Waals surface area contributed by atoms with E-state index in [1.54, 1.807) is 23.8 Å². The number of benzene rings is 2. The quantitative estimate of drug-likeness (QED) is 0.477. The van der Waals surface area contributed by atoms with E-state index in [-0.39, 0.29) is 0 Å². The summed E-state index contributed by atoms with van der Waals surface area (Å²) in [5.74, 6) is 1.03. The van der Waals surface area contributed by atoms with Crippen LogP contribution in [0.5, 0.6) is 11.6 Å². The Morgan fingerprint density at radius 2 is 1.74 bits per heavy atom. The van der Waals surface area contributed by atoms with Crippen molar-refractivity contribution < 1.29 is 9.47 Å². The van der Waals surface area contributed by atoms with Crippen molar-refractivity contribution in [2.45, 2.75) is 13.0 Å². The van der Waals surface area contributed by atoms with Gasteiger partial charge in [0.05, 0.1) is 23.5 Å². The van der Waals surface area contributed by atoms with Crippen molar-refractivity contribution in [1.29, 1.82) is 0 Å². The molecule has 0 aliphatic heterocycles. The molecule has 2 aromatic carbocycles. The maximum absolute atomic E-state index is 6.16. The maximum Gasteiger partial charge on any atom is 0.237 e. The monoisotopic (exact) mass is 379 g/mol. The van der Waals surface area contributed by atoms with E-state index in [0.29, 0.717) is 23.3 Å². The number of ether oxygens (including phenoxy) is 2. The van der Waals surface area contributed by atoms with Crippen molar-refractivity contribution in [3.8, 4) is 11.6 Å². The third kappa shape index (κ3) is 3.94. The molecule has 0 bridgehead atoms. The van der Waals surface area contributed by atoms with Crippen LogP contribution >= 0.6 is 11.6 Å². The molecule has 0 aliphatic carbocycles. The lowest BCUT2D eigenvalue weighted by molar-refractivity contribution is 0.185. The van der Waals surface area contributed by atoms with Crippen molar-refractivity contribution in [1.82, 2.24) is 14.6 Å². The molecular formula is C21H18ClN3O2. The summed E-state index contributed by atoms with van der Waals surface area (Å²) in [7, 11) is 1.69. The third-order valence-electron chi connectivity index (χ3n) is 4.18. The number of halogens is 1. The second kappa shape index (κ2) is 7.78. The van der Waals surface area contributed by atoms with Crippen LogP contribution in [0.1, 0.15) is 16.8 Å². The van der Waals surface area contributed by atoms with E-state index in [9.17, 15) is 0 Å². The average molecular weight is 380 g/mol. The van der Waals surface area contributed by atoms with Gasteiger partial charge in [-0.25, -0.2) is 9.50 Å². The van der Waals surface area contributed by atoms with Crippen LogP contribution in [-0.2, 0) is 17.8 Å². The standard InChI is InChI=1S/C21H18ClN3O2/c1-26-14-16-8-6-15(7-9-16)12-17-13-23-20-10-11-21(24-25(17)20)27-19-5-3-2-4-18(19)22/h2-11,13H,12,14H2,1H3. The molecule has 0 aliphatic rings. The number of nitrogens with zero attached hydrogens (tertiary/aromatic N) is 3. The van der Waals surface area contributed by atoms with Crippen molar-refractivity contribution >= 4 is 17.2 Å². The zero-order valence-corrected chi connectivity index (χ0v) is 15.6. The van der Waals surface area contributed by atoms with Crippen LogP contribution in [0, 0.1) is 0 Å². The summed E-state index contributed by atoms with van der Waals surface area (Å²) < 4.78 is 12.8. The summed E-state index contributed by atoms with van der Waals surface area (Å²) in [4.78, 5) is 4.43. The van der Waals surface area contributed by atoms with Gasteiger partial charge in [-0.05, 0) is 29.3 Å². The molecule has 6 heteroatoms. The summed E-state index contributed by atoms with van der Waals surface area (Å²) in [5, 5.41) is 5.11. The molecular weight excluding hydrogens is 362 g/mol. The van der Waals surface area contributed by atoms with E-state index >= 15 is 0 Å². The maximum atomic E-state index is 6.16. The molecule has 0 fully saturated rings. The van der Waals surface area contributed by atoms with Gasteiger partial charge in [0.25, 0.3) is 0 Å². The van der Waals surface area contributed by atoms with E-state index in [2.05, 4.69) is 34.3 Å². The fourth-order valence-corrected chi connectivity index (χ4v) is 3.02. The van der Waals surface area contributed by atoms with E-state index in [1.807, 2.05) is 30.5 Å². The van der Waals surface area contributed by atoms with Gasteiger partial charge in [-0.1, -0.05) is 48.0 Å². The van der Waals surface area contributed by atoms with Gasteiger partial charge in [0.2, 0.25) is 5.88 Å². The first-order valence-corrected chi connectivity index (χ1v) is 8.93. The first kappa shape index (κ1) is 17.5. The largest absolute Gasteiger partial charge is 0.436 e. The molecule has 27 heavy (non-hydrogen) atoms. The van der Waals surface area contributed by atoms with Crippen LogP contribution < -0.4 is 4.74 Å². The van der Waals surface area contributed by atoms with Gasteiger partial charge in [-0.3, -0.25) is 0 Å². The average Bonchev–Trinajstić information content (AvgIpc) is 3.08. The second-order valence-corrected chi connectivity index (χ2v) is 6.56. The molecule has 0 amide bonds. The Morgan fingerprint density at radius 1 is 0.963 bits per heavy atom. The molecule has 0 saturated heterocycles. The molecule has 2 heterocycles. The highest BCUT2D eigenvalue weighted by atomic mass is 35.5. The minimum atomic E-state index is 0.463. The molecule has 5 nitrogen and oxygen atoms in total. The van der Waals surface area contributed by atoms with Gasteiger partial charge in [-0.2, -0.15) is 0 Å². The Morgan fingerprint density at radius 3 is 2.52 bits per heavy atom. The molecule has 0 unspecified atom stereocenters. The van der Waals surface area contributed by atoms with Gasteiger partial charge in [-0.15, -0.1) is 5.10 Å². The molecule has 4 aromatic rings. The Labute approximate surface area is 162 Å². The van der Waals surface area contributed by atoms with Crippen molar-refractivity contribution in [2.24, 2.45) is 0 Å². The minimum Gasteiger partial charge on any atom is -0.436 e. The van der Waals surface area contributed by atoms with Gasteiger partial charge in [0.15, 0.2) is 5.65 Å². The molecule has 0 atom stereocenters. The van der Waals surface area contributed by atoms with Crippen LogP contribution in [0.25, 0.3) is 5.65 Å². The summed E-state index contributed by atoms with van der Waals surface area (Å²) >= 11 is 6.16. The highest BCUT2D eigenvalue weighted by Gasteiger charge is 2.09. The number of imidazole rings is 1. The number of rotatable bonds is 6. The van der Waals surface area contributed by atoms with Crippen LogP contribution in [0.3, 0.4) is 0 Å². The summed E-state index contributed by atoms with van der Waals surface area (Å²) in [6, 6.07) is 19.3. The fourth-order valence-electron chi connectivity index (χ4n) is 2.85. The smallest absolute Gasteiger partial charge is 0.237 e. The summed E-state index contributed by atoms with van der Waals surface area (Å²) in [5.41, 5.74) is 4.07. The Kier molecular flexibility index (Phi) is 5.05. The summed E-state index contributed by atoms with van der Waals surface area (Å²) in [6.45, 7) is 0.611. The lowest BCUT2D eigenvalue weighted by Crippen LogP contribution is -2.01. The predicted molar refractivity (Wildman–Crippen MR) is 104 cm³/mol. The number of fused-ring (bicyclic) bond motifs is 1. The van der Waals surface area contributed by atoms with E-state index in [1.165, 1.54) is 5.56 Å². The van der Waals surface area contributed by atoms with Gasteiger partial charge >= 0.3 is 0 Å². The zero-order valence-electron chi connectivity index (χ0n) is 14.8. The van der Waals surface area contributed by atoms with Gasteiger partial charge < -0.3 is 9.47 Å². The Balaban J connectivity index is 1.59. The number of para-hydroxylation sites is 1. The first-order chi connectivity index (χ1) is 13.2. The lowest BCUT2D eigenvalue weighted by Gasteiger charge is -2.08. The number of methoxy groups -OCH3 is 1. The molecule has 2 aromatic heterocycles. The predicted octanol–water partition coefficient (Wildman–Crippen LogP) is 4.91. The zero-order chi connectivity index (χ0) is 18.6. The molecule has 4 rings (SSSR count). The third-order valence-corrected chi connectivity index (χ3v) is 4.49. The van der Waals surface area contributed by atoms with Crippen LogP contribution in [-0.4, -0.2) is 21.7 Å². The van der Waals surface area contributed by atoms with Gasteiger partial charge in [0, 0.05) is 19.6 Å². The highest BCUT2D eigenvalue weighted by Crippen LogP contribution is 2.28. The Hall–Kier alpha value is -2.89. The van der Waals surface area contributed by atoms with Crippen molar-refractivity contribution in [2.75, 3.05) is 7.11 Å². The van der Waals surface area contributed by atoms with E-state index < -0.39 is 0 Å². The van der Waals surface area contributed by atoms with Crippen LogP contribution in [0.2, 0.25) is 5.02 Å². The lowest BCUT2D eigenvalue weighted by atomic mass is 10.1. The number of aromatic nitrogens is 3. The molecule has 0 radical (unpaired) electrons. The minimum absolute atomic E-state index is 0.463. The fraction of sp³-hybridized carbons (Fsp3) is 0.143. The molecule has 0 spiro atoms. The summed E-state index contributed by atoms with van der Waals surface area (Å²) in [6.07, 6.45) is 2.56. The SMILES string of the molecule is COCc1ccc(Cc2cnc3ccc(Oc4ccccc4Cl)nn23)cc1. The van der Waals surface area contributed by atoms with Crippen molar-refractivity contribution in [3.05, 3.63) is 88.7 Å². The highest BCUT2D eigenvalue weighted by molar-refractivity contribution is 6.32. The van der Waals surface area contributed by atoms with E-state index in [0.717, 1.165) is 23.3 Å².